The number of hydrogen-bond donors (Lipinski definition) is 0. The van der Waals surface area contributed by atoms with Gasteiger partial charge in [-0.2, -0.15) is 4.31 Å². The van der Waals surface area contributed by atoms with Gasteiger partial charge in [-0.1, -0.05) is 12.8 Å². The predicted octanol–water partition coefficient (Wildman–Crippen LogP) is 2.88. The number of likely N-dealkylation sites (tertiary alicyclic amines) is 1. The van der Waals surface area contributed by atoms with Gasteiger partial charge >= 0.3 is 0 Å². The van der Waals surface area contributed by atoms with E-state index >= 15 is 0 Å². The maximum atomic E-state index is 12.8. The molecule has 2 aliphatic rings. The Labute approximate surface area is 144 Å². The number of sulfonamides is 1. The molecule has 2 saturated heterocycles. The van der Waals surface area contributed by atoms with Crippen molar-refractivity contribution in [1.29, 1.82) is 0 Å². The Morgan fingerprint density at radius 2 is 1.25 bits per heavy atom. The van der Waals surface area contributed by atoms with Crippen LogP contribution in [-0.4, -0.2) is 49.7 Å². The van der Waals surface area contributed by atoms with Crippen molar-refractivity contribution < 1.29 is 13.2 Å². The van der Waals surface area contributed by atoms with Crippen molar-refractivity contribution in [3.8, 4) is 0 Å². The molecule has 6 heteroatoms. The summed E-state index contributed by atoms with van der Waals surface area (Å²) in [6.07, 6.45) is 7.30. The monoisotopic (exact) mass is 350 g/mol. The van der Waals surface area contributed by atoms with Crippen LogP contribution in [0.15, 0.2) is 29.2 Å². The molecule has 0 saturated carbocycles. The summed E-state index contributed by atoms with van der Waals surface area (Å²) in [6, 6.07) is 6.47. The molecule has 2 aliphatic heterocycles. The quantitative estimate of drug-likeness (QED) is 0.842. The van der Waals surface area contributed by atoms with Crippen LogP contribution in [0, 0.1) is 0 Å². The Balaban J connectivity index is 1.74. The molecular weight excluding hydrogens is 324 g/mol. The van der Waals surface area contributed by atoms with Crippen LogP contribution in [-0.2, 0) is 10.0 Å². The van der Waals surface area contributed by atoms with Gasteiger partial charge in [-0.15, -0.1) is 0 Å². The number of hydrogen-bond acceptors (Lipinski definition) is 3. The number of carbonyl (C=O) groups is 1. The van der Waals surface area contributed by atoms with Crippen molar-refractivity contribution in [2.24, 2.45) is 0 Å². The Morgan fingerprint density at radius 3 is 1.83 bits per heavy atom. The Morgan fingerprint density at radius 1 is 0.750 bits per heavy atom. The summed E-state index contributed by atoms with van der Waals surface area (Å²) in [6.45, 7) is 2.78. The second-order valence-electron chi connectivity index (χ2n) is 6.70. The fraction of sp³-hybridized carbons (Fsp3) is 0.611. The fourth-order valence-corrected chi connectivity index (χ4v) is 5.00. The first-order valence-electron chi connectivity index (χ1n) is 8.98. The smallest absolute Gasteiger partial charge is 0.253 e. The third-order valence-corrected chi connectivity index (χ3v) is 6.86. The molecule has 0 aromatic heterocycles. The molecule has 0 unspecified atom stereocenters. The van der Waals surface area contributed by atoms with E-state index in [0.717, 1.165) is 51.6 Å². The Kier molecular flexibility index (Phi) is 5.56. The second kappa shape index (κ2) is 7.66. The van der Waals surface area contributed by atoms with Crippen molar-refractivity contribution in [3.63, 3.8) is 0 Å². The average Bonchev–Trinajstić information content (AvgIpc) is 2.92. The molecule has 3 rings (SSSR count). The molecule has 24 heavy (non-hydrogen) atoms. The molecule has 0 atom stereocenters. The zero-order valence-corrected chi connectivity index (χ0v) is 14.9. The molecule has 132 valence electrons. The number of nitrogens with zero attached hydrogens (tertiary/aromatic N) is 2. The second-order valence-corrected chi connectivity index (χ2v) is 8.63. The summed E-state index contributed by atoms with van der Waals surface area (Å²) < 4.78 is 27.1. The molecule has 0 bridgehead atoms. The highest BCUT2D eigenvalue weighted by molar-refractivity contribution is 7.89. The lowest BCUT2D eigenvalue weighted by Crippen LogP contribution is -2.35. The molecule has 0 N–H and O–H groups in total. The van der Waals surface area contributed by atoms with Crippen molar-refractivity contribution in [2.45, 2.75) is 49.8 Å². The lowest BCUT2D eigenvalue weighted by molar-refractivity contribution is 0.0724. The molecule has 0 spiro atoms. The van der Waals surface area contributed by atoms with E-state index in [2.05, 4.69) is 0 Å². The van der Waals surface area contributed by atoms with Crippen molar-refractivity contribution >= 4 is 15.9 Å². The fourth-order valence-electron chi connectivity index (χ4n) is 3.48. The minimum absolute atomic E-state index is 0.00780. The number of benzene rings is 1. The van der Waals surface area contributed by atoms with E-state index in [-0.39, 0.29) is 5.91 Å². The lowest BCUT2D eigenvalue weighted by Gasteiger charge is -2.26. The van der Waals surface area contributed by atoms with Crippen molar-refractivity contribution in [2.75, 3.05) is 26.2 Å². The topological polar surface area (TPSA) is 57.7 Å². The first-order chi connectivity index (χ1) is 11.6. The summed E-state index contributed by atoms with van der Waals surface area (Å²) in [5.74, 6) is 0.00780. The van der Waals surface area contributed by atoms with Gasteiger partial charge in [0.15, 0.2) is 0 Å². The highest BCUT2D eigenvalue weighted by atomic mass is 32.2. The zero-order valence-electron chi connectivity index (χ0n) is 14.1. The van der Waals surface area contributed by atoms with Gasteiger partial charge in [0, 0.05) is 31.7 Å². The van der Waals surface area contributed by atoms with E-state index in [9.17, 15) is 13.2 Å². The van der Waals surface area contributed by atoms with Crippen molar-refractivity contribution in [3.05, 3.63) is 29.8 Å². The van der Waals surface area contributed by atoms with Gasteiger partial charge in [-0.05, 0) is 56.4 Å². The summed E-state index contributed by atoms with van der Waals surface area (Å²) >= 11 is 0. The first-order valence-corrected chi connectivity index (χ1v) is 10.4. The number of rotatable bonds is 3. The molecule has 1 amide bonds. The maximum absolute atomic E-state index is 12.8. The molecule has 1 aromatic rings. The molecule has 0 radical (unpaired) electrons. The largest absolute Gasteiger partial charge is 0.339 e. The molecule has 2 heterocycles. The highest BCUT2D eigenvalue weighted by Gasteiger charge is 2.25. The normalized spacial score (nSPS) is 20.6. The van der Waals surface area contributed by atoms with E-state index in [1.807, 2.05) is 4.90 Å². The third-order valence-electron chi connectivity index (χ3n) is 4.95. The van der Waals surface area contributed by atoms with Gasteiger partial charge in [0.1, 0.15) is 0 Å². The van der Waals surface area contributed by atoms with Crippen LogP contribution < -0.4 is 0 Å². The average molecular weight is 350 g/mol. The van der Waals surface area contributed by atoms with E-state index < -0.39 is 10.0 Å². The lowest BCUT2D eigenvalue weighted by atomic mass is 10.1. The zero-order chi connectivity index (χ0) is 17.0. The van der Waals surface area contributed by atoms with Gasteiger partial charge in [0.2, 0.25) is 10.0 Å². The minimum atomic E-state index is -3.44. The summed E-state index contributed by atoms with van der Waals surface area (Å²) in [5, 5.41) is 0. The maximum Gasteiger partial charge on any atom is 0.253 e. The number of piperidine rings is 1. The molecule has 5 nitrogen and oxygen atoms in total. The Bertz CT molecular complexity index is 656. The minimum Gasteiger partial charge on any atom is -0.339 e. The van der Waals surface area contributed by atoms with Gasteiger partial charge in [-0.3, -0.25) is 4.79 Å². The van der Waals surface area contributed by atoms with Crippen LogP contribution in [0.3, 0.4) is 0 Å². The summed E-state index contributed by atoms with van der Waals surface area (Å²) in [5.41, 5.74) is 0.576. The highest BCUT2D eigenvalue weighted by Crippen LogP contribution is 2.21. The van der Waals surface area contributed by atoms with E-state index in [1.165, 1.54) is 6.42 Å². The van der Waals surface area contributed by atoms with Gasteiger partial charge in [-0.25, -0.2) is 8.42 Å². The van der Waals surface area contributed by atoms with Gasteiger partial charge < -0.3 is 4.90 Å². The predicted molar refractivity (Wildman–Crippen MR) is 93.4 cm³/mol. The van der Waals surface area contributed by atoms with Crippen LogP contribution >= 0.6 is 0 Å². The number of carbonyl (C=O) groups excluding carboxylic acids is 1. The van der Waals surface area contributed by atoms with Gasteiger partial charge in [0.25, 0.3) is 5.91 Å². The van der Waals surface area contributed by atoms with Gasteiger partial charge in [0.05, 0.1) is 4.90 Å². The standard InChI is InChI=1S/C18H26N2O3S/c21-18(19-12-4-3-5-13-19)16-8-10-17(11-9-16)24(22,23)20-14-6-1-2-7-15-20/h8-11H,1-7,12-15H2. The third kappa shape index (κ3) is 3.81. The van der Waals surface area contributed by atoms with Crippen LogP contribution in [0.25, 0.3) is 0 Å². The van der Waals surface area contributed by atoms with Crippen LogP contribution in [0.4, 0.5) is 0 Å². The molecular formula is C18H26N2O3S. The van der Waals surface area contributed by atoms with Crippen LogP contribution in [0.2, 0.25) is 0 Å². The first kappa shape index (κ1) is 17.4. The summed E-state index contributed by atoms with van der Waals surface area (Å²) in [4.78, 5) is 14.6. The van der Waals surface area contributed by atoms with Crippen molar-refractivity contribution in [1.82, 2.24) is 9.21 Å². The van der Waals surface area contributed by atoms with E-state index in [4.69, 9.17) is 0 Å². The van der Waals surface area contributed by atoms with E-state index in [0.29, 0.717) is 23.5 Å². The van der Waals surface area contributed by atoms with Crippen LogP contribution in [0.5, 0.6) is 0 Å². The number of amides is 1. The SMILES string of the molecule is O=C(c1ccc(S(=O)(=O)N2CCCCCC2)cc1)N1CCCCC1. The summed E-state index contributed by atoms with van der Waals surface area (Å²) in [7, 11) is -3.44. The Hall–Kier alpha value is -1.40. The molecule has 0 aliphatic carbocycles. The molecule has 1 aromatic carbocycles. The van der Waals surface area contributed by atoms with Crippen LogP contribution in [0.1, 0.15) is 55.3 Å². The molecule has 2 fully saturated rings. The van der Waals surface area contributed by atoms with E-state index in [1.54, 1.807) is 28.6 Å².